The Morgan fingerprint density at radius 1 is 0.805 bits per heavy atom. The number of halogens is 6. The average Bonchev–Trinajstić information content (AvgIpc) is 3.55. The number of hydrogen-bond donors (Lipinski definition) is 4. The van der Waals surface area contributed by atoms with Crippen molar-refractivity contribution in [3.8, 4) is 5.75 Å². The first-order chi connectivity index (χ1) is 39.1. The van der Waals surface area contributed by atoms with E-state index in [4.69, 9.17) is 56.9 Å². The normalized spacial score (nSPS) is 16.5. The van der Waals surface area contributed by atoms with Crippen LogP contribution in [0, 0.1) is 24.4 Å². The maximum Gasteiger partial charge on any atom is 0.416 e. The van der Waals surface area contributed by atoms with Crippen LogP contribution in [0.2, 0.25) is 0 Å². The molecule has 1 aliphatic heterocycles. The number of benzene rings is 2. The summed E-state index contributed by atoms with van der Waals surface area (Å²) in [4.78, 5) is 50.7. The Morgan fingerprint density at radius 3 is 2.02 bits per heavy atom. The van der Waals surface area contributed by atoms with E-state index in [1.54, 1.807) is 28.8 Å². The minimum atomic E-state index is -4.88. The van der Waals surface area contributed by atoms with Crippen LogP contribution in [0.4, 0.5) is 32.2 Å². The van der Waals surface area contributed by atoms with Crippen LogP contribution in [-0.2, 0) is 87.0 Å². The van der Waals surface area contributed by atoms with E-state index in [-0.39, 0.29) is 110 Å². The lowest BCUT2D eigenvalue weighted by Crippen LogP contribution is -2.29. The van der Waals surface area contributed by atoms with Gasteiger partial charge in [-0.2, -0.15) is 18.3 Å². The average molecular weight is 1220 g/mol. The largest absolute Gasteiger partial charge is 0.420 e. The highest BCUT2D eigenvalue weighted by Crippen LogP contribution is 2.55. The Bertz CT molecular complexity index is 2850. The fourth-order valence-electron chi connectivity index (χ4n) is 7.69. The molecule has 34 heteroatoms. The Balaban J connectivity index is 0.802. The maximum atomic E-state index is 13.7. The zero-order chi connectivity index (χ0) is 59.1. The summed E-state index contributed by atoms with van der Waals surface area (Å²) in [6.07, 6.45) is -5.20. The van der Waals surface area contributed by atoms with Crippen LogP contribution in [0.25, 0.3) is 11.0 Å². The van der Waals surface area contributed by atoms with Crippen LogP contribution >= 0.6 is 15.2 Å². The molecule has 4 heterocycles. The number of hydrogen-bond acceptors (Lipinski definition) is 21. The Labute approximate surface area is 465 Å². The van der Waals surface area contributed by atoms with Crippen LogP contribution in [0.15, 0.2) is 48.8 Å². The van der Waals surface area contributed by atoms with Gasteiger partial charge in [-0.15, -0.1) is 5.10 Å². The van der Waals surface area contributed by atoms with Crippen LogP contribution in [-0.4, -0.2) is 191 Å². The fraction of sp³-hybridized carbons (Fsp3) is 0.583. The second-order valence-corrected chi connectivity index (χ2v) is 22.0. The first-order valence-corrected chi connectivity index (χ1v) is 29.0. The molecule has 1 fully saturated rings. The first-order valence-electron chi connectivity index (χ1n) is 25.5. The highest BCUT2D eigenvalue weighted by atomic mass is 31.2. The van der Waals surface area contributed by atoms with Gasteiger partial charge in [-0.05, 0) is 24.6 Å². The summed E-state index contributed by atoms with van der Waals surface area (Å²) in [5.74, 6) is -6.56. The number of alkyl halides is 3. The van der Waals surface area contributed by atoms with Crippen molar-refractivity contribution in [2.24, 2.45) is 0 Å². The summed E-state index contributed by atoms with van der Waals surface area (Å²) in [5, 5.41) is 23.8. The van der Waals surface area contributed by atoms with Gasteiger partial charge in [0.1, 0.15) is 29.3 Å². The molecule has 0 radical (unpaired) electrons. The molecule has 0 amide bonds. The fourth-order valence-corrected chi connectivity index (χ4v) is 10.3. The molecular formula is C48H64F6N8O18P2. The Kier molecular flexibility index (Phi) is 26.4. The SMILES string of the molecule is Cc1nc(N(CCOCCOCCOCCOCc2cn(CCOCCOCCOCCOCCC(=O)Oc3c(F)cc(F)cc3F)nn2)Cc2cccc(C(F)(F)F)c2)c2cnn([C@@H]3O[C@H](COP(=O)(O)CP(=O)(O)O)C[C@H]3O)c2n1. The van der Waals surface area contributed by atoms with Crippen molar-refractivity contribution in [2.75, 3.05) is 123 Å². The van der Waals surface area contributed by atoms with Gasteiger partial charge in [0.2, 0.25) is 5.75 Å². The molecule has 2 aromatic carbocycles. The second kappa shape index (κ2) is 32.8. The molecule has 26 nitrogen and oxygen atoms in total. The third-order valence-corrected chi connectivity index (χ3v) is 14.8. The Hall–Kier alpha value is -5.12. The Morgan fingerprint density at radius 2 is 1.40 bits per heavy atom. The van der Waals surface area contributed by atoms with E-state index in [0.29, 0.717) is 74.2 Å². The zero-order valence-electron chi connectivity index (χ0n) is 44.4. The molecule has 456 valence electrons. The number of esters is 1. The van der Waals surface area contributed by atoms with E-state index in [2.05, 4.69) is 30.1 Å². The van der Waals surface area contributed by atoms with Crippen LogP contribution in [0.5, 0.6) is 5.75 Å². The minimum Gasteiger partial charge on any atom is -0.420 e. The van der Waals surface area contributed by atoms with Gasteiger partial charge in [0, 0.05) is 31.6 Å². The van der Waals surface area contributed by atoms with Crippen molar-refractivity contribution in [1.82, 2.24) is 34.7 Å². The van der Waals surface area contributed by atoms with E-state index >= 15 is 0 Å². The molecule has 6 rings (SSSR count). The number of ether oxygens (including phenoxy) is 10. The molecule has 0 spiro atoms. The molecule has 0 aliphatic carbocycles. The van der Waals surface area contributed by atoms with Crippen LogP contribution in [0.3, 0.4) is 0 Å². The lowest BCUT2D eigenvalue weighted by Gasteiger charge is -2.25. The van der Waals surface area contributed by atoms with Gasteiger partial charge in [-0.3, -0.25) is 13.9 Å². The first kappa shape index (κ1) is 66.0. The number of aromatic nitrogens is 7. The summed E-state index contributed by atoms with van der Waals surface area (Å²) in [7, 11) is -9.58. The topological polar surface area (TPSA) is 311 Å². The van der Waals surface area contributed by atoms with E-state index in [1.165, 1.54) is 16.9 Å². The van der Waals surface area contributed by atoms with Crippen LogP contribution < -0.4 is 9.64 Å². The van der Waals surface area contributed by atoms with Gasteiger partial charge >= 0.3 is 27.3 Å². The third kappa shape index (κ3) is 22.8. The van der Waals surface area contributed by atoms with Crippen molar-refractivity contribution in [3.63, 3.8) is 0 Å². The molecule has 1 unspecified atom stereocenters. The predicted molar refractivity (Wildman–Crippen MR) is 272 cm³/mol. The number of nitrogens with zero attached hydrogens (tertiary/aromatic N) is 8. The monoisotopic (exact) mass is 1220 g/mol. The second-order valence-electron chi connectivity index (χ2n) is 18.0. The summed E-state index contributed by atoms with van der Waals surface area (Å²) in [6, 6.07) is 5.67. The summed E-state index contributed by atoms with van der Waals surface area (Å²) in [6.45, 7) is 5.32. The van der Waals surface area contributed by atoms with Crippen molar-refractivity contribution in [2.45, 2.75) is 64.1 Å². The molecule has 4 N–H and O–H groups in total. The molecule has 5 aromatic rings. The van der Waals surface area contributed by atoms with Crippen molar-refractivity contribution < 1.29 is 112 Å². The lowest BCUT2D eigenvalue weighted by molar-refractivity contribution is -0.138. The number of anilines is 1. The summed E-state index contributed by atoms with van der Waals surface area (Å²) >= 11 is 0. The van der Waals surface area contributed by atoms with Crippen molar-refractivity contribution >= 4 is 38.0 Å². The number of aliphatic hydroxyl groups is 1. The molecule has 4 atom stereocenters. The van der Waals surface area contributed by atoms with Gasteiger partial charge in [0.05, 0.1) is 155 Å². The quantitative estimate of drug-likeness (QED) is 0.0139. The van der Waals surface area contributed by atoms with Gasteiger partial charge in [0.15, 0.2) is 29.4 Å². The van der Waals surface area contributed by atoms with E-state index in [9.17, 15) is 50.3 Å². The molecule has 82 heavy (non-hydrogen) atoms. The van der Waals surface area contributed by atoms with Gasteiger partial charge in [-0.1, -0.05) is 17.3 Å². The smallest absolute Gasteiger partial charge is 0.416 e. The van der Waals surface area contributed by atoms with Gasteiger partial charge < -0.3 is 76.6 Å². The number of rotatable bonds is 39. The number of carbonyl (C=O) groups excluding carboxylic acids is 1. The lowest BCUT2D eigenvalue weighted by atomic mass is 10.1. The highest BCUT2D eigenvalue weighted by Gasteiger charge is 2.40. The van der Waals surface area contributed by atoms with Crippen LogP contribution in [0.1, 0.15) is 41.7 Å². The predicted octanol–water partition coefficient (Wildman–Crippen LogP) is 4.48. The van der Waals surface area contributed by atoms with Crippen molar-refractivity contribution in [3.05, 3.63) is 88.9 Å². The molecule has 0 saturated carbocycles. The maximum absolute atomic E-state index is 13.7. The molecular weight excluding hydrogens is 1150 g/mol. The van der Waals surface area contributed by atoms with E-state index in [1.807, 2.05) is 0 Å². The van der Waals surface area contributed by atoms with Gasteiger partial charge in [0.25, 0.3) is 0 Å². The zero-order valence-corrected chi connectivity index (χ0v) is 46.1. The minimum absolute atomic E-state index is 0.0351. The third-order valence-electron chi connectivity index (χ3n) is 11.4. The highest BCUT2D eigenvalue weighted by molar-refractivity contribution is 7.70. The number of aryl methyl sites for hydroxylation is 1. The number of fused-ring (bicyclic) bond motifs is 1. The van der Waals surface area contributed by atoms with E-state index in [0.717, 1.165) is 12.1 Å². The number of aliphatic hydroxyl groups excluding tert-OH is 1. The molecule has 0 bridgehead atoms. The summed E-state index contributed by atoms with van der Waals surface area (Å²) < 4.78 is 167. The van der Waals surface area contributed by atoms with E-state index < -0.39 is 87.0 Å². The molecule has 1 aliphatic rings. The summed E-state index contributed by atoms with van der Waals surface area (Å²) in [5.41, 5.74) is 0.301. The molecule has 3 aromatic heterocycles. The standard InChI is InChI=1S/C48H64F6N8O18P2/c1-33-56-45(39-27-55-62(46(39)57-33)47-42(63)26-38(79-47)31-78-82(68,69)32-81(65,66)67)60(28-34-3-2-4-35(23-34)48(52,53)54)6-9-71-12-15-74-19-20-76-21-22-77-30-37-29-61(59-58-37)7-10-72-13-16-75-18-17-73-14-11-70-8-5-43(64)80-44-40(50)24-36(49)25-41(44)51/h2-4,23-25,27,29,38,42,47,63H,5-22,26,28,30-32H2,1H3,(H,68,69)(H2,65,66,67)/t38-,42+,47+/m0/s1. The number of carbonyl (C=O) groups is 1. The molecule has 1 saturated heterocycles. The van der Waals surface area contributed by atoms with Gasteiger partial charge in [-0.25, -0.2) is 32.5 Å². The van der Waals surface area contributed by atoms with Crippen molar-refractivity contribution in [1.29, 1.82) is 0 Å².